The van der Waals surface area contributed by atoms with E-state index in [0.717, 1.165) is 23.3 Å². The van der Waals surface area contributed by atoms with E-state index in [1.165, 1.54) is 10.7 Å². The summed E-state index contributed by atoms with van der Waals surface area (Å²) in [5.41, 5.74) is 1.46. The highest BCUT2D eigenvalue weighted by Gasteiger charge is 2.16. The monoisotopic (exact) mass is 386 g/mol. The molecule has 0 bridgehead atoms. The first kappa shape index (κ1) is 18.3. The van der Waals surface area contributed by atoms with E-state index in [1.54, 1.807) is 0 Å². The van der Waals surface area contributed by atoms with Crippen LogP contribution in [0.5, 0.6) is 5.75 Å². The number of nitro groups is 1. The van der Waals surface area contributed by atoms with Crippen molar-refractivity contribution in [1.29, 1.82) is 0 Å². The molecule has 138 valence electrons. The molecule has 0 saturated carbocycles. The SMILES string of the molecule is Cc1ccc(-c2nn(CC(=O)Nc3ccc(O)c([N+](=O)[O-])c3)c(=S)o2)cc1. The number of benzene rings is 2. The molecule has 2 N–H and O–H groups in total. The zero-order valence-electron chi connectivity index (χ0n) is 14.1. The van der Waals surface area contributed by atoms with Crippen LogP contribution in [0.2, 0.25) is 0 Å². The predicted molar refractivity (Wildman–Crippen MR) is 98.9 cm³/mol. The van der Waals surface area contributed by atoms with Crippen LogP contribution in [0.3, 0.4) is 0 Å². The summed E-state index contributed by atoms with van der Waals surface area (Å²) in [6.45, 7) is 1.72. The fraction of sp³-hybridized carbons (Fsp3) is 0.118. The molecule has 3 rings (SSSR count). The summed E-state index contributed by atoms with van der Waals surface area (Å²) >= 11 is 5.09. The summed E-state index contributed by atoms with van der Waals surface area (Å²) in [6, 6.07) is 11.0. The summed E-state index contributed by atoms with van der Waals surface area (Å²) in [6.07, 6.45) is 0. The Labute approximate surface area is 158 Å². The van der Waals surface area contributed by atoms with Gasteiger partial charge in [0.25, 0.3) is 4.84 Å². The van der Waals surface area contributed by atoms with Gasteiger partial charge in [-0.25, -0.2) is 4.68 Å². The van der Waals surface area contributed by atoms with Crippen LogP contribution in [0.15, 0.2) is 46.9 Å². The highest BCUT2D eigenvalue weighted by Crippen LogP contribution is 2.28. The number of nitro benzene ring substituents is 1. The molecule has 0 unspecified atom stereocenters. The van der Waals surface area contributed by atoms with Crippen molar-refractivity contribution in [2.75, 3.05) is 5.32 Å². The lowest BCUT2D eigenvalue weighted by atomic mass is 10.1. The molecule has 0 spiro atoms. The standard InChI is InChI=1S/C17H14N4O5S/c1-10-2-4-11(5-3-10)16-19-20(17(27)26-16)9-15(23)18-12-6-7-14(22)13(8-12)21(24)25/h2-8,22H,9H2,1H3,(H,18,23). The third kappa shape index (κ3) is 4.18. The van der Waals surface area contributed by atoms with Crippen molar-refractivity contribution in [3.05, 3.63) is 63.0 Å². The average Bonchev–Trinajstić information content (AvgIpc) is 2.97. The number of phenols is 1. The normalized spacial score (nSPS) is 10.6. The van der Waals surface area contributed by atoms with Crippen molar-refractivity contribution >= 4 is 29.5 Å². The van der Waals surface area contributed by atoms with E-state index >= 15 is 0 Å². The molecule has 0 atom stereocenters. The molecule has 1 aromatic heterocycles. The number of aromatic nitrogens is 2. The van der Waals surface area contributed by atoms with Gasteiger partial charge in [-0.3, -0.25) is 14.9 Å². The first-order valence-corrected chi connectivity index (χ1v) is 8.16. The number of aryl methyl sites for hydroxylation is 1. The van der Waals surface area contributed by atoms with Crippen LogP contribution in [0.4, 0.5) is 11.4 Å². The van der Waals surface area contributed by atoms with E-state index in [4.69, 9.17) is 16.6 Å². The van der Waals surface area contributed by atoms with E-state index < -0.39 is 22.3 Å². The van der Waals surface area contributed by atoms with Gasteiger partial charge >= 0.3 is 5.69 Å². The maximum absolute atomic E-state index is 12.2. The van der Waals surface area contributed by atoms with E-state index in [2.05, 4.69) is 10.4 Å². The summed E-state index contributed by atoms with van der Waals surface area (Å²) < 4.78 is 6.64. The van der Waals surface area contributed by atoms with Crippen LogP contribution in [-0.2, 0) is 11.3 Å². The van der Waals surface area contributed by atoms with Crippen LogP contribution in [-0.4, -0.2) is 25.7 Å². The van der Waals surface area contributed by atoms with Gasteiger partial charge in [0, 0.05) is 17.3 Å². The number of amides is 1. The number of hydrogen-bond acceptors (Lipinski definition) is 7. The molecule has 0 radical (unpaired) electrons. The number of phenolic OH excluding ortho intramolecular Hbond substituents is 1. The first-order valence-electron chi connectivity index (χ1n) is 7.76. The lowest BCUT2D eigenvalue weighted by Crippen LogP contribution is -2.19. The molecule has 3 aromatic rings. The van der Waals surface area contributed by atoms with Gasteiger partial charge in [0.1, 0.15) is 6.54 Å². The van der Waals surface area contributed by atoms with Gasteiger partial charge < -0.3 is 14.8 Å². The molecule has 27 heavy (non-hydrogen) atoms. The molecule has 0 aliphatic heterocycles. The van der Waals surface area contributed by atoms with Gasteiger partial charge in [0.05, 0.1) is 4.92 Å². The second kappa shape index (κ2) is 7.38. The Bertz CT molecular complexity index is 1070. The number of nitrogens with one attached hydrogen (secondary N) is 1. The van der Waals surface area contributed by atoms with Crippen LogP contribution in [0.25, 0.3) is 11.5 Å². The quantitative estimate of drug-likeness (QED) is 0.298. The first-order chi connectivity index (χ1) is 12.8. The lowest BCUT2D eigenvalue weighted by molar-refractivity contribution is -0.385. The third-order valence-corrected chi connectivity index (χ3v) is 3.95. The van der Waals surface area contributed by atoms with E-state index in [1.807, 2.05) is 31.2 Å². The Kier molecular flexibility index (Phi) is 4.99. The highest BCUT2D eigenvalue weighted by molar-refractivity contribution is 7.71. The van der Waals surface area contributed by atoms with Crippen molar-refractivity contribution in [2.45, 2.75) is 13.5 Å². The molecule has 10 heteroatoms. The topological polar surface area (TPSA) is 123 Å². The van der Waals surface area contributed by atoms with Gasteiger partial charge in [-0.05, 0) is 43.4 Å². The van der Waals surface area contributed by atoms with Crippen molar-refractivity contribution in [2.24, 2.45) is 0 Å². The number of aromatic hydroxyl groups is 1. The largest absolute Gasteiger partial charge is 0.502 e. The summed E-state index contributed by atoms with van der Waals surface area (Å²) in [4.78, 5) is 22.3. The number of anilines is 1. The van der Waals surface area contributed by atoms with Crippen LogP contribution in [0, 0.1) is 21.9 Å². The van der Waals surface area contributed by atoms with E-state index in [0.29, 0.717) is 0 Å². The summed E-state index contributed by atoms with van der Waals surface area (Å²) in [5.74, 6) is -0.706. The van der Waals surface area contributed by atoms with Gasteiger partial charge in [-0.15, -0.1) is 5.10 Å². The number of rotatable bonds is 5. The molecule has 1 heterocycles. The lowest BCUT2D eigenvalue weighted by Gasteiger charge is -2.05. The fourth-order valence-corrected chi connectivity index (χ4v) is 2.49. The minimum absolute atomic E-state index is 0.0254. The highest BCUT2D eigenvalue weighted by atomic mass is 32.1. The zero-order valence-corrected chi connectivity index (χ0v) is 14.9. The third-order valence-electron chi connectivity index (χ3n) is 3.65. The van der Waals surface area contributed by atoms with Gasteiger partial charge in [0.2, 0.25) is 11.8 Å². The van der Waals surface area contributed by atoms with Crippen LogP contribution >= 0.6 is 12.2 Å². The van der Waals surface area contributed by atoms with E-state index in [-0.39, 0.29) is 23.0 Å². The Morgan fingerprint density at radius 3 is 2.70 bits per heavy atom. The second-order valence-corrected chi connectivity index (χ2v) is 6.05. The molecule has 2 aromatic carbocycles. The molecule has 0 saturated heterocycles. The van der Waals surface area contributed by atoms with Crippen LogP contribution in [0.1, 0.15) is 5.56 Å². The number of carbonyl (C=O) groups excluding carboxylic acids is 1. The van der Waals surface area contributed by atoms with Crippen molar-refractivity contribution in [3.8, 4) is 17.2 Å². The summed E-state index contributed by atoms with van der Waals surface area (Å²) in [5, 5.41) is 27.0. The fourth-order valence-electron chi connectivity index (χ4n) is 2.30. The minimum Gasteiger partial charge on any atom is -0.502 e. The molecule has 9 nitrogen and oxygen atoms in total. The van der Waals surface area contributed by atoms with Gasteiger partial charge in [-0.1, -0.05) is 17.7 Å². The number of hydrogen-bond donors (Lipinski definition) is 2. The maximum Gasteiger partial charge on any atom is 0.312 e. The molecule has 0 aliphatic carbocycles. The molecule has 1 amide bonds. The Balaban J connectivity index is 1.75. The Morgan fingerprint density at radius 2 is 2.04 bits per heavy atom. The number of nitrogens with zero attached hydrogens (tertiary/aromatic N) is 3. The molecule has 0 fully saturated rings. The van der Waals surface area contributed by atoms with Crippen molar-refractivity contribution in [3.63, 3.8) is 0 Å². The van der Waals surface area contributed by atoms with E-state index in [9.17, 15) is 20.0 Å². The second-order valence-electron chi connectivity index (χ2n) is 5.71. The zero-order chi connectivity index (χ0) is 19.6. The number of carbonyl (C=O) groups is 1. The average molecular weight is 386 g/mol. The van der Waals surface area contributed by atoms with Gasteiger partial charge in [0.15, 0.2) is 5.75 Å². The Morgan fingerprint density at radius 1 is 1.33 bits per heavy atom. The van der Waals surface area contributed by atoms with Crippen molar-refractivity contribution < 1.29 is 19.2 Å². The van der Waals surface area contributed by atoms with Crippen LogP contribution < -0.4 is 5.32 Å². The summed E-state index contributed by atoms with van der Waals surface area (Å²) in [7, 11) is 0. The molecule has 0 aliphatic rings. The predicted octanol–water partition coefficient (Wildman–Crippen LogP) is 3.43. The van der Waals surface area contributed by atoms with Gasteiger partial charge in [-0.2, -0.15) is 0 Å². The maximum atomic E-state index is 12.2. The minimum atomic E-state index is -0.743. The van der Waals surface area contributed by atoms with Crippen molar-refractivity contribution in [1.82, 2.24) is 9.78 Å². The molecular formula is C17H14N4O5S. The smallest absolute Gasteiger partial charge is 0.312 e. The molecular weight excluding hydrogens is 372 g/mol. The Hall–Kier alpha value is -3.53.